The molecule has 0 aliphatic carbocycles. The van der Waals surface area contributed by atoms with E-state index in [2.05, 4.69) is 5.10 Å². The van der Waals surface area contributed by atoms with Crippen LogP contribution in [0.25, 0.3) is 0 Å². The van der Waals surface area contributed by atoms with E-state index in [1.54, 1.807) is 14.0 Å². The predicted molar refractivity (Wildman–Crippen MR) is 38.7 cm³/mol. The van der Waals surface area contributed by atoms with Crippen molar-refractivity contribution in [1.29, 1.82) is 0 Å². The summed E-state index contributed by atoms with van der Waals surface area (Å²) in [5.74, 6) is 0. The van der Waals surface area contributed by atoms with Crippen LogP contribution >= 0.6 is 0 Å². The van der Waals surface area contributed by atoms with Crippen molar-refractivity contribution in [3.8, 4) is 0 Å². The average Bonchev–Trinajstić information content (AvgIpc) is 2.17. The standard InChI is InChI=1S/C6H11N3O/c1-4-5(3-7)8-9(2)6(4)10/h8H,3,7H2,1-2H3. The lowest BCUT2D eigenvalue weighted by atomic mass is 10.3. The lowest BCUT2D eigenvalue weighted by Crippen LogP contribution is -2.13. The fourth-order valence-electron chi connectivity index (χ4n) is 0.916. The van der Waals surface area contributed by atoms with Crippen LogP contribution in [0.3, 0.4) is 0 Å². The van der Waals surface area contributed by atoms with Crippen molar-refractivity contribution in [2.24, 2.45) is 12.8 Å². The third-order valence-electron chi connectivity index (χ3n) is 1.58. The summed E-state index contributed by atoms with van der Waals surface area (Å²) < 4.78 is 1.43. The van der Waals surface area contributed by atoms with Gasteiger partial charge in [0.25, 0.3) is 5.56 Å². The molecular weight excluding hydrogens is 130 g/mol. The van der Waals surface area contributed by atoms with E-state index in [0.717, 1.165) is 5.69 Å². The van der Waals surface area contributed by atoms with E-state index in [4.69, 9.17) is 5.73 Å². The van der Waals surface area contributed by atoms with Crippen LogP contribution in [0.1, 0.15) is 11.3 Å². The van der Waals surface area contributed by atoms with E-state index >= 15 is 0 Å². The molecule has 0 saturated heterocycles. The molecule has 10 heavy (non-hydrogen) atoms. The first-order chi connectivity index (χ1) is 4.66. The van der Waals surface area contributed by atoms with E-state index in [9.17, 15) is 4.79 Å². The number of H-pyrrole nitrogens is 1. The van der Waals surface area contributed by atoms with Gasteiger partial charge in [0.05, 0.1) is 5.69 Å². The Bertz CT molecular complexity index is 284. The molecule has 4 nitrogen and oxygen atoms in total. The molecule has 0 aromatic carbocycles. The molecule has 3 N–H and O–H groups in total. The Morgan fingerprint density at radius 2 is 2.30 bits per heavy atom. The fraction of sp³-hybridized carbons (Fsp3) is 0.500. The summed E-state index contributed by atoms with van der Waals surface area (Å²) >= 11 is 0. The SMILES string of the molecule is Cc1c(CN)[nH]n(C)c1=O. The molecule has 0 saturated carbocycles. The molecule has 0 fully saturated rings. The molecule has 0 aliphatic rings. The van der Waals surface area contributed by atoms with Crippen LogP contribution in [0.4, 0.5) is 0 Å². The highest BCUT2D eigenvalue weighted by molar-refractivity contribution is 5.14. The van der Waals surface area contributed by atoms with Crippen molar-refractivity contribution in [3.05, 3.63) is 21.6 Å². The van der Waals surface area contributed by atoms with Gasteiger partial charge >= 0.3 is 0 Å². The maximum Gasteiger partial charge on any atom is 0.269 e. The number of aryl methyl sites for hydroxylation is 1. The van der Waals surface area contributed by atoms with Crippen molar-refractivity contribution in [2.75, 3.05) is 0 Å². The molecular formula is C6H11N3O. The van der Waals surface area contributed by atoms with Crippen LogP contribution in [0, 0.1) is 6.92 Å². The monoisotopic (exact) mass is 141 g/mol. The van der Waals surface area contributed by atoms with Crippen LogP contribution in [-0.2, 0) is 13.6 Å². The largest absolute Gasteiger partial charge is 0.325 e. The van der Waals surface area contributed by atoms with Crippen molar-refractivity contribution in [3.63, 3.8) is 0 Å². The number of aromatic nitrogens is 2. The minimum absolute atomic E-state index is 0.000417. The minimum atomic E-state index is 0.000417. The van der Waals surface area contributed by atoms with E-state index in [0.29, 0.717) is 12.1 Å². The van der Waals surface area contributed by atoms with Crippen LogP contribution in [-0.4, -0.2) is 9.78 Å². The highest BCUT2D eigenvalue weighted by Gasteiger charge is 2.03. The number of nitrogens with one attached hydrogen (secondary N) is 1. The second kappa shape index (κ2) is 2.30. The van der Waals surface area contributed by atoms with Crippen LogP contribution in [0.5, 0.6) is 0 Å². The van der Waals surface area contributed by atoms with Crippen LogP contribution < -0.4 is 11.3 Å². The highest BCUT2D eigenvalue weighted by Crippen LogP contribution is 1.94. The van der Waals surface area contributed by atoms with Crippen LogP contribution in [0.2, 0.25) is 0 Å². The summed E-state index contributed by atoms with van der Waals surface area (Å²) in [6.07, 6.45) is 0. The molecule has 1 rings (SSSR count). The molecule has 0 amide bonds. The zero-order valence-corrected chi connectivity index (χ0v) is 6.14. The third kappa shape index (κ3) is 0.863. The van der Waals surface area contributed by atoms with Gasteiger partial charge in [0.1, 0.15) is 0 Å². The first-order valence-electron chi connectivity index (χ1n) is 3.11. The summed E-state index contributed by atoms with van der Waals surface area (Å²) in [6, 6.07) is 0. The van der Waals surface area contributed by atoms with E-state index < -0.39 is 0 Å². The van der Waals surface area contributed by atoms with E-state index in [1.165, 1.54) is 4.68 Å². The van der Waals surface area contributed by atoms with Crippen molar-refractivity contribution < 1.29 is 0 Å². The number of nitrogens with two attached hydrogens (primary N) is 1. The Morgan fingerprint density at radius 1 is 1.70 bits per heavy atom. The van der Waals surface area contributed by atoms with Crippen molar-refractivity contribution >= 4 is 0 Å². The van der Waals surface area contributed by atoms with Gasteiger partial charge in [0.2, 0.25) is 0 Å². The van der Waals surface area contributed by atoms with Gasteiger partial charge in [-0.2, -0.15) is 0 Å². The maximum atomic E-state index is 11.0. The Labute approximate surface area is 58.6 Å². The van der Waals surface area contributed by atoms with E-state index in [-0.39, 0.29) is 5.56 Å². The van der Waals surface area contributed by atoms with Crippen molar-refractivity contribution in [1.82, 2.24) is 9.78 Å². The van der Waals surface area contributed by atoms with Gasteiger partial charge in [-0.25, -0.2) is 0 Å². The normalized spacial score (nSPS) is 10.3. The number of rotatable bonds is 1. The van der Waals surface area contributed by atoms with Gasteiger partial charge in [0, 0.05) is 19.2 Å². The van der Waals surface area contributed by atoms with Gasteiger partial charge in [0.15, 0.2) is 0 Å². The summed E-state index contributed by atoms with van der Waals surface area (Å²) in [5, 5.41) is 2.84. The van der Waals surface area contributed by atoms with Crippen molar-refractivity contribution in [2.45, 2.75) is 13.5 Å². The third-order valence-corrected chi connectivity index (χ3v) is 1.58. The predicted octanol–water partition coefficient (Wildman–Crippen LogP) is -0.519. The molecule has 0 unspecified atom stereocenters. The number of aromatic amines is 1. The number of hydrogen-bond acceptors (Lipinski definition) is 2. The maximum absolute atomic E-state index is 11.0. The second-order valence-electron chi connectivity index (χ2n) is 2.28. The molecule has 56 valence electrons. The summed E-state index contributed by atoms with van der Waals surface area (Å²) in [6.45, 7) is 2.16. The summed E-state index contributed by atoms with van der Waals surface area (Å²) in [5.41, 5.74) is 6.88. The smallest absolute Gasteiger partial charge is 0.269 e. The van der Waals surface area contributed by atoms with Gasteiger partial charge < -0.3 is 5.73 Å². The molecule has 0 aliphatic heterocycles. The molecule has 0 bridgehead atoms. The Hall–Kier alpha value is -1.03. The topological polar surface area (TPSA) is 63.8 Å². The first-order valence-corrected chi connectivity index (χ1v) is 3.11. The lowest BCUT2D eigenvalue weighted by molar-refractivity contribution is 0.720. The molecule has 0 radical (unpaired) electrons. The molecule has 1 aromatic rings. The minimum Gasteiger partial charge on any atom is -0.325 e. The van der Waals surface area contributed by atoms with Gasteiger partial charge in [-0.1, -0.05) is 0 Å². The first kappa shape index (κ1) is 7.08. The summed E-state index contributed by atoms with van der Waals surface area (Å²) in [7, 11) is 1.68. The molecule has 0 spiro atoms. The Balaban J connectivity index is 3.31. The van der Waals surface area contributed by atoms with Gasteiger partial charge in [-0.15, -0.1) is 0 Å². The molecule has 4 heteroatoms. The molecule has 1 aromatic heterocycles. The van der Waals surface area contributed by atoms with E-state index in [1.807, 2.05) is 0 Å². The number of hydrogen-bond donors (Lipinski definition) is 2. The average molecular weight is 141 g/mol. The quantitative estimate of drug-likeness (QED) is 0.552. The van der Waals surface area contributed by atoms with Gasteiger partial charge in [-0.05, 0) is 6.92 Å². The second-order valence-corrected chi connectivity index (χ2v) is 2.28. The molecule has 1 heterocycles. The Morgan fingerprint density at radius 3 is 2.50 bits per heavy atom. The van der Waals surface area contributed by atoms with Crippen LogP contribution in [0.15, 0.2) is 4.79 Å². The zero-order chi connectivity index (χ0) is 7.72. The highest BCUT2D eigenvalue weighted by atomic mass is 16.1. The van der Waals surface area contributed by atoms with Gasteiger partial charge in [-0.3, -0.25) is 14.6 Å². The fourth-order valence-corrected chi connectivity index (χ4v) is 0.916. The summed E-state index contributed by atoms with van der Waals surface area (Å²) in [4.78, 5) is 11.0. The lowest BCUT2D eigenvalue weighted by Gasteiger charge is -1.88. The zero-order valence-electron chi connectivity index (χ0n) is 6.14. The molecule has 0 atom stereocenters. The number of nitrogens with zero attached hydrogens (tertiary/aromatic N) is 1. The Kier molecular flexibility index (Phi) is 1.63.